The Morgan fingerprint density at radius 2 is 1.12 bits per heavy atom. The van der Waals surface area contributed by atoms with E-state index in [1.807, 2.05) is 0 Å². The standard InChI is InChI=1S/C49H34N2/c1-49-46(45-39-18-8-7-16-35(39)26-30-44(45)51(49)37-27-23-34(24-28-37)32-13-3-2-4-14-32)40-19-9-10-20-41(40)48-47(49)42-21-11-12-22-43(42)50(48)38-29-25-33-15-5-6-17-36(33)31-38/h2-31,46H,1H3. The maximum atomic E-state index is 2.67. The molecular weight excluding hydrogens is 617 g/mol. The topological polar surface area (TPSA) is 8.17 Å². The van der Waals surface area contributed by atoms with Crippen molar-refractivity contribution in [3.8, 4) is 28.1 Å². The minimum Gasteiger partial charge on any atom is -0.330 e. The molecule has 0 radical (unpaired) electrons. The van der Waals surface area contributed by atoms with Crippen LogP contribution in [0.4, 0.5) is 11.4 Å². The highest BCUT2D eigenvalue weighted by molar-refractivity contribution is 6.03. The number of aromatic nitrogens is 1. The average molecular weight is 651 g/mol. The van der Waals surface area contributed by atoms with E-state index >= 15 is 0 Å². The molecule has 1 aromatic heterocycles. The SMILES string of the molecule is CC12c3c(n(-c4ccc5ccccc5c4)c4ccccc34)-c3ccccc3C1c1c(ccc3ccccc13)N2c1ccc(-c2ccccc2)cc1. The van der Waals surface area contributed by atoms with Gasteiger partial charge in [-0.2, -0.15) is 0 Å². The highest BCUT2D eigenvalue weighted by Gasteiger charge is 2.56. The van der Waals surface area contributed by atoms with Crippen LogP contribution in [0.25, 0.3) is 60.5 Å². The van der Waals surface area contributed by atoms with Crippen molar-refractivity contribution in [2.24, 2.45) is 0 Å². The summed E-state index contributed by atoms with van der Waals surface area (Å²) >= 11 is 0. The lowest BCUT2D eigenvalue weighted by Gasteiger charge is -2.45. The van der Waals surface area contributed by atoms with Gasteiger partial charge in [0.05, 0.1) is 16.7 Å². The minimum absolute atomic E-state index is 0.104. The minimum atomic E-state index is -0.438. The number of benzene rings is 8. The maximum absolute atomic E-state index is 2.67. The first-order valence-corrected chi connectivity index (χ1v) is 17.9. The summed E-state index contributed by atoms with van der Waals surface area (Å²) in [4.78, 5) is 2.67. The van der Waals surface area contributed by atoms with Crippen LogP contribution in [0, 0.1) is 0 Å². The first-order valence-electron chi connectivity index (χ1n) is 17.9. The average Bonchev–Trinajstić information content (AvgIpc) is 3.69. The molecule has 9 aromatic rings. The molecule has 0 bridgehead atoms. The Balaban J connectivity index is 1.26. The van der Waals surface area contributed by atoms with E-state index in [2.05, 4.69) is 198 Å². The second-order valence-electron chi connectivity index (χ2n) is 14.2. The van der Waals surface area contributed by atoms with Crippen LogP contribution in [0.1, 0.15) is 29.5 Å². The summed E-state index contributed by atoms with van der Waals surface area (Å²) in [5, 5.41) is 6.40. The van der Waals surface area contributed by atoms with E-state index in [4.69, 9.17) is 0 Å². The molecule has 2 atom stereocenters. The molecule has 1 aliphatic heterocycles. The molecule has 0 N–H and O–H groups in total. The Bertz CT molecular complexity index is 2830. The van der Waals surface area contributed by atoms with Gasteiger partial charge in [0.1, 0.15) is 0 Å². The smallest absolute Gasteiger partial charge is 0.0811 e. The van der Waals surface area contributed by atoms with E-state index in [1.54, 1.807) is 0 Å². The fourth-order valence-corrected chi connectivity index (χ4v) is 9.55. The van der Waals surface area contributed by atoms with E-state index < -0.39 is 5.54 Å². The normalized spacial score (nSPS) is 17.4. The second kappa shape index (κ2) is 10.6. The Morgan fingerprint density at radius 3 is 1.96 bits per heavy atom. The van der Waals surface area contributed by atoms with Gasteiger partial charge in [0.15, 0.2) is 0 Å². The van der Waals surface area contributed by atoms with Crippen LogP contribution < -0.4 is 4.90 Å². The number of hydrogen-bond donors (Lipinski definition) is 0. The summed E-state index contributed by atoms with van der Waals surface area (Å²) in [7, 11) is 0. The van der Waals surface area contributed by atoms with Crippen LogP contribution >= 0.6 is 0 Å². The van der Waals surface area contributed by atoms with Gasteiger partial charge in [0, 0.05) is 39.5 Å². The van der Waals surface area contributed by atoms with E-state index in [0.29, 0.717) is 0 Å². The molecule has 2 nitrogen and oxygen atoms in total. The Hall–Kier alpha value is -6.38. The lowest BCUT2D eigenvalue weighted by Crippen LogP contribution is -2.43. The van der Waals surface area contributed by atoms with Crippen molar-refractivity contribution < 1.29 is 0 Å². The Labute approximate surface area is 297 Å². The van der Waals surface area contributed by atoms with E-state index in [1.165, 1.54) is 88.6 Å². The first kappa shape index (κ1) is 28.5. The van der Waals surface area contributed by atoms with Crippen molar-refractivity contribution in [1.29, 1.82) is 0 Å². The van der Waals surface area contributed by atoms with Crippen LogP contribution in [0.5, 0.6) is 0 Å². The molecule has 0 saturated carbocycles. The highest BCUT2D eigenvalue weighted by Crippen LogP contribution is 2.66. The number of nitrogens with zero attached hydrogens (tertiary/aromatic N) is 2. The summed E-state index contributed by atoms with van der Waals surface area (Å²) in [5.74, 6) is 0.104. The molecule has 0 spiro atoms. The van der Waals surface area contributed by atoms with Crippen LogP contribution in [0.15, 0.2) is 182 Å². The molecule has 1 aliphatic carbocycles. The second-order valence-corrected chi connectivity index (χ2v) is 14.2. The van der Waals surface area contributed by atoms with Crippen LogP contribution in [0.3, 0.4) is 0 Å². The van der Waals surface area contributed by atoms with Gasteiger partial charge >= 0.3 is 0 Å². The van der Waals surface area contributed by atoms with Gasteiger partial charge < -0.3 is 9.47 Å². The molecule has 2 heteroatoms. The zero-order chi connectivity index (χ0) is 33.7. The van der Waals surface area contributed by atoms with Gasteiger partial charge in [0.25, 0.3) is 0 Å². The molecule has 0 fully saturated rings. The Kier molecular flexibility index (Phi) is 5.89. The van der Waals surface area contributed by atoms with Crippen LogP contribution in [-0.2, 0) is 5.54 Å². The first-order chi connectivity index (χ1) is 25.2. The molecule has 51 heavy (non-hydrogen) atoms. The Morgan fingerprint density at radius 1 is 0.490 bits per heavy atom. The number of para-hydroxylation sites is 1. The quantitative estimate of drug-likeness (QED) is 0.185. The molecular formula is C49H34N2. The van der Waals surface area contributed by atoms with Gasteiger partial charge in [0.2, 0.25) is 0 Å². The monoisotopic (exact) mass is 650 g/mol. The molecule has 240 valence electrons. The van der Waals surface area contributed by atoms with Crippen molar-refractivity contribution in [3.63, 3.8) is 0 Å². The third-order valence-electron chi connectivity index (χ3n) is 11.6. The fourth-order valence-electron chi connectivity index (χ4n) is 9.55. The molecule has 2 unspecified atom stereocenters. The van der Waals surface area contributed by atoms with Crippen LogP contribution in [0.2, 0.25) is 0 Å². The number of fused-ring (bicyclic) bond motifs is 13. The lowest BCUT2D eigenvalue weighted by atomic mass is 9.67. The number of anilines is 2. The molecule has 2 aliphatic rings. The van der Waals surface area contributed by atoms with Crippen molar-refractivity contribution >= 4 is 43.8 Å². The van der Waals surface area contributed by atoms with E-state index in [-0.39, 0.29) is 5.92 Å². The fraction of sp³-hybridized carbons (Fsp3) is 0.0612. The van der Waals surface area contributed by atoms with Crippen molar-refractivity contribution in [2.75, 3.05) is 4.90 Å². The molecule has 2 heterocycles. The number of hydrogen-bond acceptors (Lipinski definition) is 1. The van der Waals surface area contributed by atoms with Gasteiger partial charge in [-0.25, -0.2) is 0 Å². The van der Waals surface area contributed by atoms with Gasteiger partial charge in [-0.15, -0.1) is 0 Å². The summed E-state index contributed by atoms with van der Waals surface area (Å²) in [6, 6.07) is 67.4. The zero-order valence-corrected chi connectivity index (χ0v) is 28.3. The predicted octanol–water partition coefficient (Wildman–Crippen LogP) is 12.8. The van der Waals surface area contributed by atoms with Gasteiger partial charge in [-0.1, -0.05) is 146 Å². The van der Waals surface area contributed by atoms with Crippen LogP contribution in [-0.4, -0.2) is 4.57 Å². The number of rotatable bonds is 3. The largest absolute Gasteiger partial charge is 0.330 e. The van der Waals surface area contributed by atoms with Crippen molar-refractivity contribution in [2.45, 2.75) is 18.4 Å². The summed E-state index contributed by atoms with van der Waals surface area (Å²) in [6.07, 6.45) is 0. The molecule has 8 aromatic carbocycles. The molecule has 11 rings (SSSR count). The van der Waals surface area contributed by atoms with Gasteiger partial charge in [-0.05, 0) is 87.1 Å². The van der Waals surface area contributed by atoms with Gasteiger partial charge in [-0.3, -0.25) is 0 Å². The summed E-state index contributed by atoms with van der Waals surface area (Å²) in [6.45, 7) is 2.50. The molecule has 0 saturated heterocycles. The lowest BCUT2D eigenvalue weighted by molar-refractivity contribution is 0.453. The van der Waals surface area contributed by atoms with E-state index in [0.717, 1.165) is 0 Å². The molecule has 0 amide bonds. The summed E-state index contributed by atoms with van der Waals surface area (Å²) in [5.41, 5.74) is 13.6. The maximum Gasteiger partial charge on any atom is 0.0811 e. The zero-order valence-electron chi connectivity index (χ0n) is 28.3. The highest BCUT2D eigenvalue weighted by atomic mass is 15.2. The van der Waals surface area contributed by atoms with Crippen molar-refractivity contribution in [1.82, 2.24) is 4.57 Å². The predicted molar refractivity (Wildman–Crippen MR) is 213 cm³/mol. The van der Waals surface area contributed by atoms with E-state index in [9.17, 15) is 0 Å². The summed E-state index contributed by atoms with van der Waals surface area (Å²) < 4.78 is 2.54. The third-order valence-corrected chi connectivity index (χ3v) is 11.6. The van der Waals surface area contributed by atoms with Crippen molar-refractivity contribution in [3.05, 3.63) is 199 Å². The third kappa shape index (κ3) is 3.88.